The lowest BCUT2D eigenvalue weighted by atomic mass is 9.43. The lowest BCUT2D eigenvalue weighted by Gasteiger charge is -2.58. The number of epoxide rings is 1. The van der Waals surface area contributed by atoms with Crippen molar-refractivity contribution < 1.29 is 28.6 Å². The van der Waals surface area contributed by atoms with Gasteiger partial charge in [-0.25, -0.2) is 0 Å². The highest BCUT2D eigenvalue weighted by Gasteiger charge is 2.83. The van der Waals surface area contributed by atoms with Gasteiger partial charge >= 0.3 is 11.9 Å². The van der Waals surface area contributed by atoms with Crippen molar-refractivity contribution in [2.75, 3.05) is 7.11 Å². The molecule has 0 N–H and O–H groups in total. The number of carbonyl (C=O) groups is 3. The largest absolute Gasteiger partial charge is 0.469 e. The summed E-state index contributed by atoms with van der Waals surface area (Å²) < 4.78 is 17.9. The van der Waals surface area contributed by atoms with E-state index in [4.69, 9.17) is 14.2 Å². The summed E-state index contributed by atoms with van der Waals surface area (Å²) in [6.45, 7) is 4.51. The second-order valence-corrected chi connectivity index (χ2v) is 11.0. The van der Waals surface area contributed by atoms with E-state index in [2.05, 4.69) is 13.8 Å². The smallest absolute Gasteiger partial charge is 0.309 e. The van der Waals surface area contributed by atoms with Crippen LogP contribution >= 0.6 is 0 Å². The van der Waals surface area contributed by atoms with E-state index >= 15 is 0 Å². The predicted molar refractivity (Wildman–Crippen MR) is 105 cm³/mol. The number of hydrogen-bond acceptors (Lipinski definition) is 6. The van der Waals surface area contributed by atoms with Gasteiger partial charge in [0.2, 0.25) is 0 Å². The van der Waals surface area contributed by atoms with Crippen molar-refractivity contribution in [3.63, 3.8) is 0 Å². The number of esters is 2. The van der Waals surface area contributed by atoms with Crippen LogP contribution in [0.4, 0.5) is 0 Å². The molecule has 2 spiro atoms. The molecule has 6 heteroatoms. The lowest BCUT2D eigenvalue weighted by Crippen LogP contribution is -2.63. The molecule has 30 heavy (non-hydrogen) atoms. The normalized spacial score (nSPS) is 53.2. The fourth-order valence-corrected chi connectivity index (χ4v) is 8.69. The van der Waals surface area contributed by atoms with Gasteiger partial charge in [0, 0.05) is 29.6 Å². The molecule has 8 atom stereocenters. The molecule has 6 aliphatic rings. The van der Waals surface area contributed by atoms with Gasteiger partial charge in [0.15, 0.2) is 5.78 Å². The van der Waals surface area contributed by atoms with Crippen molar-refractivity contribution >= 4 is 17.7 Å². The molecular weight excluding hydrogens is 384 g/mol. The van der Waals surface area contributed by atoms with Crippen molar-refractivity contribution in [2.45, 2.75) is 82.5 Å². The van der Waals surface area contributed by atoms with Crippen LogP contribution in [0.2, 0.25) is 0 Å². The van der Waals surface area contributed by atoms with Gasteiger partial charge in [0.05, 0.1) is 19.1 Å². The molecule has 0 radical (unpaired) electrons. The summed E-state index contributed by atoms with van der Waals surface area (Å²) in [7, 11) is 1.45. The second-order valence-electron chi connectivity index (χ2n) is 11.0. The summed E-state index contributed by atoms with van der Waals surface area (Å²) in [5, 5.41) is 0. The zero-order valence-corrected chi connectivity index (χ0v) is 18.0. The number of carbonyl (C=O) groups excluding carboxylic acids is 3. The monoisotopic (exact) mass is 414 g/mol. The average molecular weight is 414 g/mol. The first kappa shape index (κ1) is 19.0. The first-order valence-corrected chi connectivity index (χ1v) is 11.4. The van der Waals surface area contributed by atoms with Gasteiger partial charge in [-0.1, -0.05) is 19.4 Å². The van der Waals surface area contributed by atoms with Crippen molar-refractivity contribution in [2.24, 2.45) is 28.6 Å². The van der Waals surface area contributed by atoms with E-state index in [9.17, 15) is 14.4 Å². The number of ketones is 1. The molecule has 0 bridgehead atoms. The molecule has 3 saturated carbocycles. The van der Waals surface area contributed by atoms with Gasteiger partial charge < -0.3 is 14.2 Å². The molecule has 6 nitrogen and oxygen atoms in total. The van der Waals surface area contributed by atoms with E-state index in [1.807, 2.05) is 0 Å². The Labute approximate surface area is 176 Å². The molecule has 162 valence electrons. The maximum Gasteiger partial charge on any atom is 0.309 e. The SMILES string of the molecule is COC(=O)[C@@H]1CC2=CC(=O)CCC2(C)C23OC2CC2(C)C(CCC24CCC(=O)O4)[C@H]13. The summed E-state index contributed by atoms with van der Waals surface area (Å²) in [4.78, 5) is 37.4. The maximum absolute atomic E-state index is 13.0. The van der Waals surface area contributed by atoms with Crippen LogP contribution in [0, 0.1) is 28.6 Å². The first-order valence-electron chi connectivity index (χ1n) is 11.4. The maximum atomic E-state index is 13.0. The van der Waals surface area contributed by atoms with E-state index in [0.29, 0.717) is 19.3 Å². The van der Waals surface area contributed by atoms with Crippen LogP contribution in [-0.4, -0.2) is 42.1 Å². The summed E-state index contributed by atoms with van der Waals surface area (Å²) in [6, 6.07) is 0. The van der Waals surface area contributed by atoms with Crippen molar-refractivity contribution in [1.29, 1.82) is 0 Å². The van der Waals surface area contributed by atoms with Gasteiger partial charge in [-0.3, -0.25) is 14.4 Å². The highest BCUT2D eigenvalue weighted by atomic mass is 16.6. The van der Waals surface area contributed by atoms with Crippen molar-refractivity contribution in [1.82, 2.24) is 0 Å². The number of fused-ring (bicyclic) bond motifs is 4. The molecule has 0 amide bonds. The minimum atomic E-state index is -0.424. The summed E-state index contributed by atoms with van der Waals surface area (Å²) in [5.74, 6) is -0.201. The van der Waals surface area contributed by atoms with Crippen LogP contribution in [0.1, 0.15) is 65.2 Å². The van der Waals surface area contributed by atoms with E-state index in [0.717, 1.165) is 37.7 Å². The molecule has 0 aromatic carbocycles. The molecule has 0 aromatic rings. The van der Waals surface area contributed by atoms with Gasteiger partial charge in [0.25, 0.3) is 0 Å². The molecule has 0 aromatic heterocycles. The molecule has 5 fully saturated rings. The third kappa shape index (κ3) is 1.94. The number of methoxy groups -OCH3 is 1. The van der Waals surface area contributed by atoms with Crippen LogP contribution in [-0.2, 0) is 28.6 Å². The van der Waals surface area contributed by atoms with Crippen LogP contribution in [0.15, 0.2) is 11.6 Å². The Morgan fingerprint density at radius 1 is 1.17 bits per heavy atom. The second kappa shape index (κ2) is 5.56. The molecule has 4 aliphatic carbocycles. The number of ether oxygens (including phenoxy) is 3. The Morgan fingerprint density at radius 2 is 1.97 bits per heavy atom. The lowest BCUT2D eigenvalue weighted by molar-refractivity contribution is -0.172. The van der Waals surface area contributed by atoms with E-state index in [1.54, 1.807) is 6.08 Å². The summed E-state index contributed by atoms with van der Waals surface area (Å²) >= 11 is 0. The van der Waals surface area contributed by atoms with E-state index < -0.39 is 11.2 Å². The molecule has 6 unspecified atom stereocenters. The Bertz CT molecular complexity index is 907. The van der Waals surface area contributed by atoms with Crippen molar-refractivity contribution in [3.05, 3.63) is 11.6 Å². The van der Waals surface area contributed by atoms with Crippen LogP contribution in [0.25, 0.3) is 0 Å². The molecule has 2 heterocycles. The highest BCUT2D eigenvalue weighted by molar-refractivity contribution is 5.92. The molecule has 2 saturated heterocycles. The van der Waals surface area contributed by atoms with Gasteiger partial charge in [-0.05, 0) is 50.5 Å². The molecule has 6 rings (SSSR count). The first-order chi connectivity index (χ1) is 14.2. The molecular formula is C24H30O6. The zero-order chi connectivity index (χ0) is 21.1. The minimum Gasteiger partial charge on any atom is -0.469 e. The number of rotatable bonds is 1. The van der Waals surface area contributed by atoms with Gasteiger partial charge in [-0.2, -0.15) is 0 Å². The minimum absolute atomic E-state index is 0.0303. The highest BCUT2D eigenvalue weighted by Crippen LogP contribution is 2.78. The third-order valence-electron chi connectivity index (χ3n) is 10.2. The van der Waals surface area contributed by atoms with Crippen LogP contribution in [0.3, 0.4) is 0 Å². The quantitative estimate of drug-likeness (QED) is 0.484. The molecule has 2 aliphatic heterocycles. The standard InChI is InChI=1S/C24H30O6/c1-21-7-4-14(25)10-13(21)11-15(20(27)28-3)19-16-5-8-23(9-6-18(26)30-23)22(16,2)12-17-24(19,21)29-17/h10,15-17,19H,4-9,11-12H2,1-3H3/t15-,16?,17?,19+,21?,22?,23?,24?/m1/s1. The van der Waals surface area contributed by atoms with Gasteiger partial charge in [0.1, 0.15) is 11.2 Å². The van der Waals surface area contributed by atoms with Gasteiger partial charge in [-0.15, -0.1) is 0 Å². The van der Waals surface area contributed by atoms with Crippen LogP contribution in [0.5, 0.6) is 0 Å². The van der Waals surface area contributed by atoms with E-state index in [-0.39, 0.29) is 52.4 Å². The Balaban J connectivity index is 1.49. The number of hydrogen-bond donors (Lipinski definition) is 0. The Kier molecular flexibility index (Phi) is 3.53. The predicted octanol–water partition coefficient (Wildman–Crippen LogP) is 3.12. The Hall–Kier alpha value is -1.69. The average Bonchev–Trinajstić information content (AvgIpc) is 3.20. The summed E-state index contributed by atoms with van der Waals surface area (Å²) in [5.41, 5.74) is -0.175. The fraction of sp³-hybridized carbons (Fsp3) is 0.792. The van der Waals surface area contributed by atoms with Crippen molar-refractivity contribution in [3.8, 4) is 0 Å². The fourth-order valence-electron chi connectivity index (χ4n) is 8.69. The Morgan fingerprint density at radius 3 is 2.67 bits per heavy atom. The third-order valence-corrected chi connectivity index (χ3v) is 10.2. The zero-order valence-electron chi connectivity index (χ0n) is 18.0. The summed E-state index contributed by atoms with van der Waals surface area (Å²) in [6.07, 6.45) is 7.61. The van der Waals surface area contributed by atoms with E-state index in [1.165, 1.54) is 7.11 Å². The van der Waals surface area contributed by atoms with Crippen LogP contribution < -0.4 is 0 Å². The topological polar surface area (TPSA) is 82.2 Å².